The van der Waals surface area contributed by atoms with Gasteiger partial charge in [0, 0.05) is 44.1 Å². The first-order chi connectivity index (χ1) is 13.2. The lowest BCUT2D eigenvalue weighted by atomic mass is 9.78. The van der Waals surface area contributed by atoms with Crippen LogP contribution in [0.15, 0.2) is 42.7 Å². The predicted molar refractivity (Wildman–Crippen MR) is 101 cm³/mol. The molecule has 1 aromatic heterocycles. The van der Waals surface area contributed by atoms with Crippen LogP contribution < -0.4 is 0 Å². The highest BCUT2D eigenvalue weighted by Crippen LogP contribution is 2.40. The van der Waals surface area contributed by atoms with Crippen LogP contribution in [0.1, 0.15) is 31.2 Å². The first-order valence-electron chi connectivity index (χ1n) is 9.89. The van der Waals surface area contributed by atoms with Gasteiger partial charge >= 0.3 is 0 Å². The van der Waals surface area contributed by atoms with Gasteiger partial charge in [0.25, 0.3) is 0 Å². The maximum atomic E-state index is 14.0. The molecule has 0 saturated carbocycles. The van der Waals surface area contributed by atoms with Crippen LogP contribution in [0, 0.1) is 11.2 Å². The lowest BCUT2D eigenvalue weighted by Gasteiger charge is -2.39. The van der Waals surface area contributed by atoms with E-state index in [0.717, 1.165) is 58.4 Å². The lowest BCUT2D eigenvalue weighted by Crippen LogP contribution is -2.49. The molecule has 5 nitrogen and oxygen atoms in total. The topological polar surface area (TPSA) is 41.4 Å². The Morgan fingerprint density at radius 3 is 2.81 bits per heavy atom. The number of benzene rings is 1. The van der Waals surface area contributed by atoms with E-state index in [1.807, 2.05) is 27.9 Å². The summed E-state index contributed by atoms with van der Waals surface area (Å²) in [6, 6.07) is 8.71. The molecule has 2 aliphatic heterocycles. The third-order valence-electron chi connectivity index (χ3n) is 6.00. The van der Waals surface area contributed by atoms with Crippen molar-refractivity contribution in [3.05, 3.63) is 54.1 Å². The number of carbonyl (C=O) groups excluding carboxylic acids is 1. The highest BCUT2D eigenvalue weighted by Gasteiger charge is 2.48. The number of carbonyl (C=O) groups is 1. The molecule has 2 aromatic rings. The quantitative estimate of drug-likeness (QED) is 0.785. The van der Waals surface area contributed by atoms with Gasteiger partial charge in [0.2, 0.25) is 5.91 Å². The summed E-state index contributed by atoms with van der Waals surface area (Å²) in [6.07, 6.45) is 7.69. The maximum absolute atomic E-state index is 14.0. The summed E-state index contributed by atoms with van der Waals surface area (Å²) in [5.74, 6) is -0.0110. The highest BCUT2D eigenvalue weighted by molar-refractivity contribution is 5.84. The Hall–Kier alpha value is -2.21. The summed E-state index contributed by atoms with van der Waals surface area (Å²) < 4.78 is 16.0. The third-order valence-corrected chi connectivity index (χ3v) is 6.00. The van der Waals surface area contributed by atoms with E-state index in [-0.39, 0.29) is 17.1 Å². The zero-order chi connectivity index (χ0) is 18.7. The fourth-order valence-electron chi connectivity index (χ4n) is 4.55. The Morgan fingerprint density at radius 1 is 1.11 bits per heavy atom. The van der Waals surface area contributed by atoms with Crippen LogP contribution in [0.5, 0.6) is 0 Å². The maximum Gasteiger partial charge on any atom is 0.230 e. The number of halogens is 1. The van der Waals surface area contributed by atoms with Crippen LogP contribution >= 0.6 is 0 Å². The minimum absolute atomic E-state index is 0.214. The predicted octanol–water partition coefficient (Wildman–Crippen LogP) is 2.93. The number of nitrogens with zero attached hydrogens (tertiary/aromatic N) is 4. The van der Waals surface area contributed by atoms with E-state index in [9.17, 15) is 9.18 Å². The van der Waals surface area contributed by atoms with Gasteiger partial charge < -0.3 is 9.80 Å². The Morgan fingerprint density at radius 2 is 2.00 bits per heavy atom. The molecular weight excluding hydrogens is 343 g/mol. The van der Waals surface area contributed by atoms with Crippen molar-refractivity contribution < 1.29 is 9.18 Å². The first-order valence-corrected chi connectivity index (χ1v) is 9.89. The fraction of sp³-hybridized carbons (Fsp3) is 0.524. The van der Waals surface area contributed by atoms with E-state index in [4.69, 9.17) is 0 Å². The van der Waals surface area contributed by atoms with Crippen LogP contribution in [-0.4, -0.2) is 51.7 Å². The van der Waals surface area contributed by atoms with Crippen molar-refractivity contribution in [3.63, 3.8) is 0 Å². The summed E-state index contributed by atoms with van der Waals surface area (Å²) in [7, 11) is 0. The first kappa shape index (κ1) is 18.2. The van der Waals surface area contributed by atoms with E-state index in [0.29, 0.717) is 12.1 Å². The normalized spacial score (nSPS) is 23.4. The molecule has 1 spiro atoms. The van der Waals surface area contributed by atoms with Crippen LogP contribution in [0.2, 0.25) is 0 Å². The summed E-state index contributed by atoms with van der Waals surface area (Å²) in [6.45, 7) is 4.81. The average molecular weight is 370 g/mol. The van der Waals surface area contributed by atoms with E-state index >= 15 is 0 Å². The van der Waals surface area contributed by atoms with Crippen molar-refractivity contribution in [1.82, 2.24) is 19.6 Å². The smallest absolute Gasteiger partial charge is 0.230 e. The molecule has 0 bridgehead atoms. The SMILES string of the molecule is O=C1N(Cc2ccccc2F)CCCC12CCN(CCCn1cccn1)C2. The molecule has 1 atom stereocenters. The minimum atomic E-state index is -0.269. The monoisotopic (exact) mass is 370 g/mol. The highest BCUT2D eigenvalue weighted by atomic mass is 19.1. The number of amides is 1. The van der Waals surface area contributed by atoms with Crippen LogP contribution in [-0.2, 0) is 17.9 Å². The van der Waals surface area contributed by atoms with Gasteiger partial charge in [0.05, 0.1) is 5.41 Å². The molecule has 1 amide bonds. The molecule has 0 N–H and O–H groups in total. The Balaban J connectivity index is 1.35. The van der Waals surface area contributed by atoms with E-state index in [1.165, 1.54) is 6.07 Å². The van der Waals surface area contributed by atoms with Gasteiger partial charge in [-0.2, -0.15) is 5.10 Å². The second-order valence-electron chi connectivity index (χ2n) is 7.85. The van der Waals surface area contributed by atoms with Gasteiger partial charge in [-0.25, -0.2) is 4.39 Å². The van der Waals surface area contributed by atoms with Gasteiger partial charge in [-0.05, 0) is 50.9 Å². The van der Waals surface area contributed by atoms with E-state index in [2.05, 4.69) is 10.00 Å². The van der Waals surface area contributed by atoms with Crippen LogP contribution in [0.3, 0.4) is 0 Å². The lowest BCUT2D eigenvalue weighted by molar-refractivity contribution is -0.146. The summed E-state index contributed by atoms with van der Waals surface area (Å²) in [5, 5.41) is 4.24. The molecule has 1 unspecified atom stereocenters. The zero-order valence-corrected chi connectivity index (χ0v) is 15.7. The number of likely N-dealkylation sites (tertiary alicyclic amines) is 2. The second kappa shape index (κ2) is 7.80. The van der Waals surface area contributed by atoms with Crippen molar-refractivity contribution in [2.75, 3.05) is 26.2 Å². The molecule has 6 heteroatoms. The number of aromatic nitrogens is 2. The fourth-order valence-corrected chi connectivity index (χ4v) is 4.55. The molecule has 2 fully saturated rings. The molecule has 0 aliphatic carbocycles. The molecule has 3 heterocycles. The molecule has 0 radical (unpaired) electrons. The number of hydrogen-bond donors (Lipinski definition) is 0. The molecule has 1 aromatic carbocycles. The number of hydrogen-bond acceptors (Lipinski definition) is 3. The molecule has 27 heavy (non-hydrogen) atoms. The average Bonchev–Trinajstić information content (AvgIpc) is 3.32. The van der Waals surface area contributed by atoms with Gasteiger partial charge in [-0.1, -0.05) is 18.2 Å². The molecule has 4 rings (SSSR count). The summed E-state index contributed by atoms with van der Waals surface area (Å²) >= 11 is 0. The number of piperidine rings is 1. The Bertz CT molecular complexity index is 778. The van der Waals surface area contributed by atoms with E-state index in [1.54, 1.807) is 18.3 Å². The van der Waals surface area contributed by atoms with Crippen molar-refractivity contribution in [2.45, 2.75) is 38.8 Å². The molecular formula is C21H27FN4O. The van der Waals surface area contributed by atoms with Gasteiger partial charge in [0.15, 0.2) is 0 Å². The largest absolute Gasteiger partial charge is 0.338 e. The summed E-state index contributed by atoms with van der Waals surface area (Å²) in [5.41, 5.74) is 0.340. The molecule has 2 saturated heterocycles. The van der Waals surface area contributed by atoms with Gasteiger partial charge in [-0.3, -0.25) is 9.48 Å². The Kier molecular flexibility index (Phi) is 5.25. The van der Waals surface area contributed by atoms with Crippen molar-refractivity contribution in [1.29, 1.82) is 0 Å². The summed E-state index contributed by atoms with van der Waals surface area (Å²) in [4.78, 5) is 17.5. The Labute approximate surface area is 159 Å². The van der Waals surface area contributed by atoms with Crippen LogP contribution in [0.25, 0.3) is 0 Å². The number of rotatable bonds is 6. The van der Waals surface area contributed by atoms with Crippen molar-refractivity contribution in [3.8, 4) is 0 Å². The molecule has 2 aliphatic rings. The van der Waals surface area contributed by atoms with Crippen LogP contribution in [0.4, 0.5) is 4.39 Å². The zero-order valence-electron chi connectivity index (χ0n) is 15.7. The molecule has 144 valence electrons. The standard InChI is InChI=1S/C21H27FN4O/c22-19-7-2-1-6-18(19)16-25-12-3-8-21(20(25)27)9-15-24(17-21)11-5-14-26-13-4-10-23-26/h1-2,4,6-7,10,13H,3,5,8-9,11-12,14-17H2. The van der Waals surface area contributed by atoms with Gasteiger partial charge in [0.1, 0.15) is 5.82 Å². The van der Waals surface area contributed by atoms with Crippen molar-refractivity contribution in [2.24, 2.45) is 5.41 Å². The second-order valence-corrected chi connectivity index (χ2v) is 7.85. The third kappa shape index (κ3) is 3.90. The van der Waals surface area contributed by atoms with Gasteiger partial charge in [-0.15, -0.1) is 0 Å². The minimum Gasteiger partial charge on any atom is -0.338 e. The van der Waals surface area contributed by atoms with E-state index < -0.39 is 0 Å². The number of aryl methyl sites for hydroxylation is 1. The van der Waals surface area contributed by atoms with Crippen molar-refractivity contribution >= 4 is 5.91 Å².